The van der Waals surface area contributed by atoms with Crippen LogP contribution >= 0.6 is 0 Å². The van der Waals surface area contributed by atoms with Crippen LogP contribution in [0.4, 0.5) is 4.39 Å². The van der Waals surface area contributed by atoms with Crippen molar-refractivity contribution in [3.05, 3.63) is 65.5 Å². The van der Waals surface area contributed by atoms with Crippen LogP contribution in [0.25, 0.3) is 0 Å². The Morgan fingerprint density at radius 2 is 1.71 bits per heavy atom. The first-order valence-electron chi connectivity index (χ1n) is 6.63. The Bertz CT molecular complexity index is 700. The molecule has 0 saturated heterocycles. The van der Waals surface area contributed by atoms with E-state index in [1.165, 1.54) is 18.2 Å². The number of primary sulfonamides is 1. The van der Waals surface area contributed by atoms with E-state index in [4.69, 9.17) is 5.14 Å². The zero-order valence-corrected chi connectivity index (χ0v) is 12.3. The van der Waals surface area contributed by atoms with Gasteiger partial charge in [0.2, 0.25) is 10.0 Å². The summed E-state index contributed by atoms with van der Waals surface area (Å²) in [6.07, 6.45) is 0.777. The normalized spacial score (nSPS) is 11.5. The molecule has 2 aromatic carbocycles. The molecular weight excluding hydrogens is 291 g/mol. The van der Waals surface area contributed by atoms with Gasteiger partial charge in [-0.2, -0.15) is 0 Å². The molecule has 0 unspecified atom stereocenters. The molecule has 112 valence electrons. The van der Waals surface area contributed by atoms with Gasteiger partial charge in [-0.15, -0.1) is 0 Å². The molecular formula is C15H18FN2O2S+. The highest BCUT2D eigenvalue weighted by molar-refractivity contribution is 7.89. The lowest BCUT2D eigenvalue weighted by atomic mass is 10.1. The Hall–Kier alpha value is -1.76. The van der Waals surface area contributed by atoms with Gasteiger partial charge < -0.3 is 5.32 Å². The second kappa shape index (κ2) is 6.80. The number of hydrogen-bond donors (Lipinski definition) is 2. The first kappa shape index (κ1) is 15.6. The van der Waals surface area contributed by atoms with E-state index in [0.29, 0.717) is 12.1 Å². The van der Waals surface area contributed by atoms with Crippen molar-refractivity contribution in [3.63, 3.8) is 0 Å². The number of sulfonamides is 1. The smallest absolute Gasteiger partial charge is 0.238 e. The summed E-state index contributed by atoms with van der Waals surface area (Å²) in [6.45, 7) is 1.38. The van der Waals surface area contributed by atoms with Gasteiger partial charge in [0.25, 0.3) is 0 Å². The van der Waals surface area contributed by atoms with E-state index < -0.39 is 10.0 Å². The Labute approximate surface area is 123 Å². The largest absolute Gasteiger partial charge is 0.342 e. The molecule has 0 aliphatic carbocycles. The number of quaternary nitrogens is 1. The van der Waals surface area contributed by atoms with Crippen LogP contribution in [0, 0.1) is 5.82 Å². The van der Waals surface area contributed by atoms with Crippen molar-refractivity contribution in [3.8, 4) is 0 Å². The minimum atomic E-state index is -3.64. The minimum absolute atomic E-state index is 0.113. The highest BCUT2D eigenvalue weighted by Crippen LogP contribution is 2.08. The van der Waals surface area contributed by atoms with E-state index in [-0.39, 0.29) is 10.7 Å². The maximum Gasteiger partial charge on any atom is 0.238 e. The van der Waals surface area contributed by atoms with Crippen LogP contribution in [0.2, 0.25) is 0 Å². The molecule has 0 aromatic heterocycles. The van der Waals surface area contributed by atoms with Crippen LogP contribution in [0.5, 0.6) is 0 Å². The van der Waals surface area contributed by atoms with Crippen molar-refractivity contribution in [2.75, 3.05) is 6.54 Å². The standard InChI is InChI=1S/C15H17FN2O2S/c16-15-4-2-1-3-13(15)11-18-10-9-12-5-7-14(8-6-12)21(17,19)20/h1-8,18H,9-11H2,(H2,17,19,20)/p+1. The fraction of sp³-hybridized carbons (Fsp3) is 0.200. The molecule has 0 bridgehead atoms. The predicted octanol–water partition coefficient (Wildman–Crippen LogP) is 0.779. The average molecular weight is 309 g/mol. The van der Waals surface area contributed by atoms with Crippen molar-refractivity contribution >= 4 is 10.0 Å². The molecule has 0 spiro atoms. The summed E-state index contributed by atoms with van der Waals surface area (Å²) in [5.41, 5.74) is 1.70. The van der Waals surface area contributed by atoms with Gasteiger partial charge in [0.15, 0.2) is 0 Å². The number of halogens is 1. The van der Waals surface area contributed by atoms with Crippen molar-refractivity contribution in [2.24, 2.45) is 5.14 Å². The third-order valence-corrected chi connectivity index (χ3v) is 4.14. The van der Waals surface area contributed by atoms with Gasteiger partial charge in [-0.05, 0) is 23.8 Å². The van der Waals surface area contributed by atoms with Gasteiger partial charge in [0, 0.05) is 12.0 Å². The van der Waals surface area contributed by atoms with Crippen molar-refractivity contribution in [1.29, 1.82) is 0 Å². The van der Waals surface area contributed by atoms with Gasteiger partial charge in [-0.3, -0.25) is 0 Å². The Kier molecular flexibility index (Phi) is 5.06. The van der Waals surface area contributed by atoms with E-state index in [1.54, 1.807) is 24.3 Å². The Balaban J connectivity index is 1.83. The topological polar surface area (TPSA) is 76.8 Å². The van der Waals surface area contributed by atoms with Gasteiger partial charge >= 0.3 is 0 Å². The summed E-state index contributed by atoms with van der Waals surface area (Å²) in [5, 5.41) is 7.06. The SMILES string of the molecule is NS(=O)(=O)c1ccc(CC[NH2+]Cc2ccccc2F)cc1. The molecule has 6 heteroatoms. The average Bonchev–Trinajstić information content (AvgIpc) is 2.45. The minimum Gasteiger partial charge on any atom is -0.342 e. The number of benzene rings is 2. The summed E-state index contributed by atoms with van der Waals surface area (Å²) >= 11 is 0. The van der Waals surface area contributed by atoms with E-state index >= 15 is 0 Å². The molecule has 0 atom stereocenters. The van der Waals surface area contributed by atoms with E-state index in [9.17, 15) is 12.8 Å². The van der Waals surface area contributed by atoms with Gasteiger partial charge in [0.1, 0.15) is 12.4 Å². The number of nitrogens with two attached hydrogens (primary N) is 2. The Morgan fingerprint density at radius 3 is 2.33 bits per heavy atom. The van der Waals surface area contributed by atoms with Crippen LogP contribution in [0.3, 0.4) is 0 Å². The van der Waals surface area contributed by atoms with E-state index in [0.717, 1.165) is 18.5 Å². The fourth-order valence-corrected chi connectivity index (χ4v) is 2.55. The monoisotopic (exact) mass is 309 g/mol. The molecule has 0 radical (unpaired) electrons. The quantitative estimate of drug-likeness (QED) is 0.774. The van der Waals surface area contributed by atoms with Crippen molar-refractivity contribution in [2.45, 2.75) is 17.9 Å². The molecule has 4 N–H and O–H groups in total. The number of rotatable bonds is 6. The third-order valence-electron chi connectivity index (χ3n) is 3.21. The lowest BCUT2D eigenvalue weighted by molar-refractivity contribution is -0.670. The van der Waals surface area contributed by atoms with Crippen LogP contribution in [0.15, 0.2) is 53.4 Å². The lowest BCUT2D eigenvalue weighted by Gasteiger charge is -2.04. The molecule has 0 aliphatic rings. The summed E-state index contributed by atoms with van der Waals surface area (Å²) < 4.78 is 35.7. The summed E-state index contributed by atoms with van der Waals surface area (Å²) in [5.74, 6) is -0.189. The highest BCUT2D eigenvalue weighted by Gasteiger charge is 2.07. The summed E-state index contributed by atoms with van der Waals surface area (Å²) in [6, 6.07) is 13.2. The third kappa shape index (κ3) is 4.63. The number of hydrogen-bond acceptors (Lipinski definition) is 2. The van der Waals surface area contributed by atoms with Crippen LogP contribution in [0.1, 0.15) is 11.1 Å². The first-order chi connectivity index (χ1) is 9.97. The maximum atomic E-state index is 13.4. The molecule has 0 heterocycles. The Morgan fingerprint density at radius 1 is 1.05 bits per heavy atom. The second-order valence-corrected chi connectivity index (χ2v) is 6.37. The lowest BCUT2D eigenvalue weighted by Crippen LogP contribution is -2.83. The zero-order chi connectivity index (χ0) is 15.3. The second-order valence-electron chi connectivity index (χ2n) is 4.81. The molecule has 4 nitrogen and oxygen atoms in total. The van der Waals surface area contributed by atoms with Crippen LogP contribution in [-0.2, 0) is 23.0 Å². The molecule has 0 amide bonds. The van der Waals surface area contributed by atoms with Gasteiger partial charge in [-0.1, -0.05) is 30.3 Å². The maximum absolute atomic E-state index is 13.4. The molecule has 2 aromatic rings. The van der Waals surface area contributed by atoms with E-state index in [1.807, 2.05) is 11.4 Å². The highest BCUT2D eigenvalue weighted by atomic mass is 32.2. The molecule has 0 fully saturated rings. The molecule has 2 rings (SSSR count). The fourth-order valence-electron chi connectivity index (χ4n) is 2.04. The molecule has 0 aliphatic heterocycles. The predicted molar refractivity (Wildman–Crippen MR) is 78.4 cm³/mol. The molecule has 21 heavy (non-hydrogen) atoms. The van der Waals surface area contributed by atoms with E-state index in [2.05, 4.69) is 0 Å². The first-order valence-corrected chi connectivity index (χ1v) is 8.18. The van der Waals surface area contributed by atoms with Crippen LogP contribution in [-0.4, -0.2) is 15.0 Å². The van der Waals surface area contributed by atoms with Gasteiger partial charge in [0.05, 0.1) is 11.4 Å². The zero-order valence-electron chi connectivity index (χ0n) is 11.5. The van der Waals surface area contributed by atoms with Crippen molar-refractivity contribution < 1.29 is 18.1 Å². The van der Waals surface area contributed by atoms with Crippen molar-refractivity contribution in [1.82, 2.24) is 0 Å². The molecule has 0 saturated carbocycles. The summed E-state index contributed by atoms with van der Waals surface area (Å²) in [7, 11) is -3.64. The van der Waals surface area contributed by atoms with Crippen LogP contribution < -0.4 is 10.5 Å². The summed E-state index contributed by atoms with van der Waals surface area (Å²) in [4.78, 5) is 0.113. The van der Waals surface area contributed by atoms with Gasteiger partial charge in [-0.25, -0.2) is 17.9 Å².